The van der Waals surface area contributed by atoms with E-state index in [4.69, 9.17) is 10.7 Å². The third-order valence-corrected chi connectivity index (χ3v) is 6.80. The second kappa shape index (κ2) is 11.0. The summed E-state index contributed by atoms with van der Waals surface area (Å²) in [7, 11) is 0. The Morgan fingerprint density at radius 1 is 1.09 bits per heavy atom. The highest BCUT2D eigenvalue weighted by Gasteiger charge is 2.33. The van der Waals surface area contributed by atoms with Crippen molar-refractivity contribution in [2.75, 3.05) is 13.1 Å². The maximum absolute atomic E-state index is 13.8. The summed E-state index contributed by atoms with van der Waals surface area (Å²) in [4.78, 5) is 34.5. The van der Waals surface area contributed by atoms with Gasteiger partial charge in [-0.25, -0.2) is 4.98 Å². The van der Waals surface area contributed by atoms with Gasteiger partial charge >= 0.3 is 0 Å². The van der Waals surface area contributed by atoms with Gasteiger partial charge in [-0.15, -0.1) is 0 Å². The van der Waals surface area contributed by atoms with E-state index in [0.29, 0.717) is 37.4 Å². The molecule has 2 aromatic carbocycles. The van der Waals surface area contributed by atoms with E-state index in [2.05, 4.69) is 13.8 Å². The number of benzene rings is 2. The van der Waals surface area contributed by atoms with E-state index >= 15 is 0 Å². The summed E-state index contributed by atoms with van der Waals surface area (Å²) in [5.74, 6) is 0.667. The van der Waals surface area contributed by atoms with Gasteiger partial charge in [0.05, 0.1) is 18.3 Å². The van der Waals surface area contributed by atoms with E-state index in [1.165, 1.54) is 0 Å². The summed E-state index contributed by atoms with van der Waals surface area (Å²) in [5.41, 5.74) is 10.4. The Labute approximate surface area is 207 Å². The van der Waals surface area contributed by atoms with Crippen molar-refractivity contribution in [3.63, 3.8) is 0 Å². The molecule has 3 aromatic rings. The van der Waals surface area contributed by atoms with Crippen LogP contribution in [-0.4, -0.2) is 33.4 Å². The summed E-state index contributed by atoms with van der Waals surface area (Å²) >= 11 is 0. The van der Waals surface area contributed by atoms with Gasteiger partial charge in [0, 0.05) is 17.7 Å². The SMILES string of the molecule is Cc1ccc(C(=O)N(CCCN)C(c2nc3c(c(=O)n2Cc2ccccc2)CCC3)C(C)C)cc1. The van der Waals surface area contributed by atoms with E-state index in [-0.39, 0.29) is 23.4 Å². The molecule has 0 spiro atoms. The lowest BCUT2D eigenvalue weighted by Crippen LogP contribution is -2.43. The highest BCUT2D eigenvalue weighted by molar-refractivity contribution is 5.94. The number of amides is 1. The van der Waals surface area contributed by atoms with Crippen LogP contribution in [-0.2, 0) is 19.4 Å². The zero-order valence-electron chi connectivity index (χ0n) is 21.0. The molecule has 6 heteroatoms. The number of nitrogens with zero attached hydrogens (tertiary/aromatic N) is 3. The van der Waals surface area contributed by atoms with Crippen LogP contribution in [0, 0.1) is 12.8 Å². The minimum Gasteiger partial charge on any atom is -0.330 e. The molecule has 184 valence electrons. The molecule has 0 aliphatic heterocycles. The first-order valence-electron chi connectivity index (χ1n) is 12.6. The summed E-state index contributed by atoms with van der Waals surface area (Å²) in [5, 5.41) is 0. The molecule has 4 rings (SSSR count). The van der Waals surface area contributed by atoms with Crippen molar-refractivity contribution >= 4 is 5.91 Å². The van der Waals surface area contributed by atoms with Crippen molar-refractivity contribution in [2.45, 2.75) is 59.0 Å². The molecule has 0 saturated heterocycles. The molecule has 1 aliphatic rings. The Morgan fingerprint density at radius 3 is 2.46 bits per heavy atom. The van der Waals surface area contributed by atoms with Crippen LogP contribution < -0.4 is 11.3 Å². The summed E-state index contributed by atoms with van der Waals surface area (Å²) in [6.07, 6.45) is 3.19. The summed E-state index contributed by atoms with van der Waals surface area (Å²) in [6, 6.07) is 17.3. The van der Waals surface area contributed by atoms with Crippen molar-refractivity contribution < 1.29 is 4.79 Å². The Morgan fingerprint density at radius 2 is 1.80 bits per heavy atom. The number of hydrogen-bond donors (Lipinski definition) is 1. The number of rotatable bonds is 9. The van der Waals surface area contributed by atoms with E-state index in [9.17, 15) is 9.59 Å². The lowest BCUT2D eigenvalue weighted by molar-refractivity contribution is 0.0601. The largest absolute Gasteiger partial charge is 0.330 e. The second-order valence-corrected chi connectivity index (χ2v) is 9.82. The van der Waals surface area contributed by atoms with Gasteiger partial charge in [-0.05, 0) is 62.8 Å². The first kappa shape index (κ1) is 24.9. The van der Waals surface area contributed by atoms with Gasteiger partial charge in [0.2, 0.25) is 0 Å². The Kier molecular flexibility index (Phi) is 7.81. The summed E-state index contributed by atoms with van der Waals surface area (Å²) < 4.78 is 1.81. The number of hydrogen-bond acceptors (Lipinski definition) is 4. The molecule has 0 saturated carbocycles. The second-order valence-electron chi connectivity index (χ2n) is 9.82. The average molecular weight is 473 g/mol. The fourth-order valence-electron chi connectivity index (χ4n) is 4.98. The quantitative estimate of drug-likeness (QED) is 0.504. The van der Waals surface area contributed by atoms with Crippen LogP contribution in [0.25, 0.3) is 0 Å². The van der Waals surface area contributed by atoms with Crippen molar-refractivity contribution in [1.29, 1.82) is 0 Å². The number of aryl methyl sites for hydroxylation is 2. The standard InChI is InChI=1S/C29H36N4O2/c1-20(2)26(32(18-8-17-30)28(34)23-15-13-21(3)14-16-23)27-31-25-12-7-11-24(25)29(35)33(27)19-22-9-5-4-6-10-22/h4-6,9-10,13-16,20,26H,7-8,11-12,17-19,30H2,1-3H3. The molecule has 1 aliphatic carbocycles. The molecule has 2 N–H and O–H groups in total. The molecular weight excluding hydrogens is 436 g/mol. The minimum atomic E-state index is -0.349. The molecule has 0 fully saturated rings. The molecule has 1 aromatic heterocycles. The van der Waals surface area contributed by atoms with Crippen LogP contribution in [0.5, 0.6) is 0 Å². The average Bonchev–Trinajstić information content (AvgIpc) is 3.33. The van der Waals surface area contributed by atoms with Crippen molar-refractivity contribution in [1.82, 2.24) is 14.5 Å². The van der Waals surface area contributed by atoms with Gasteiger partial charge in [0.25, 0.3) is 11.5 Å². The topological polar surface area (TPSA) is 81.2 Å². The van der Waals surface area contributed by atoms with Gasteiger partial charge in [0.15, 0.2) is 0 Å². The molecular formula is C29H36N4O2. The zero-order valence-corrected chi connectivity index (χ0v) is 21.0. The Hall–Kier alpha value is -3.25. The fourth-order valence-corrected chi connectivity index (χ4v) is 4.98. The van der Waals surface area contributed by atoms with Crippen molar-refractivity contribution in [3.05, 3.63) is 98.7 Å². The number of carbonyl (C=O) groups excluding carboxylic acids is 1. The van der Waals surface area contributed by atoms with Gasteiger partial charge in [-0.1, -0.05) is 61.9 Å². The van der Waals surface area contributed by atoms with Crippen LogP contribution >= 0.6 is 0 Å². The first-order valence-corrected chi connectivity index (χ1v) is 12.6. The molecule has 0 bridgehead atoms. The summed E-state index contributed by atoms with van der Waals surface area (Å²) in [6.45, 7) is 7.61. The molecule has 6 nitrogen and oxygen atoms in total. The van der Waals surface area contributed by atoms with Gasteiger partial charge in [-0.2, -0.15) is 0 Å². The van der Waals surface area contributed by atoms with E-state index in [1.54, 1.807) is 0 Å². The van der Waals surface area contributed by atoms with Crippen molar-refractivity contribution in [3.8, 4) is 0 Å². The molecule has 1 atom stereocenters. The predicted molar refractivity (Wildman–Crippen MR) is 140 cm³/mol. The van der Waals surface area contributed by atoms with Crippen molar-refractivity contribution in [2.24, 2.45) is 11.7 Å². The highest BCUT2D eigenvalue weighted by atomic mass is 16.2. The van der Waals surface area contributed by atoms with Crippen LogP contribution in [0.4, 0.5) is 0 Å². The smallest absolute Gasteiger partial charge is 0.257 e. The Bertz CT molecular complexity index is 1220. The molecule has 1 amide bonds. The van der Waals surface area contributed by atoms with Crippen LogP contribution in [0.15, 0.2) is 59.4 Å². The predicted octanol–water partition coefficient (Wildman–Crippen LogP) is 4.28. The van der Waals surface area contributed by atoms with E-state index in [1.807, 2.05) is 71.0 Å². The zero-order chi connectivity index (χ0) is 24.9. The fraction of sp³-hybridized carbons (Fsp3) is 0.414. The lowest BCUT2D eigenvalue weighted by Gasteiger charge is -2.35. The van der Waals surface area contributed by atoms with Crippen LogP contribution in [0.2, 0.25) is 0 Å². The molecule has 0 radical (unpaired) electrons. The van der Waals surface area contributed by atoms with Gasteiger partial charge in [-0.3, -0.25) is 14.2 Å². The molecule has 1 heterocycles. The van der Waals surface area contributed by atoms with Crippen LogP contribution in [0.3, 0.4) is 0 Å². The maximum Gasteiger partial charge on any atom is 0.257 e. The minimum absolute atomic E-state index is 0.0264. The van der Waals surface area contributed by atoms with E-state index < -0.39 is 0 Å². The number of carbonyl (C=O) groups is 1. The normalized spacial score (nSPS) is 13.6. The number of fused-ring (bicyclic) bond motifs is 1. The van der Waals surface area contributed by atoms with E-state index in [0.717, 1.165) is 41.6 Å². The molecule has 35 heavy (non-hydrogen) atoms. The first-order chi connectivity index (χ1) is 16.9. The number of aromatic nitrogens is 2. The number of nitrogens with two attached hydrogens (primary N) is 1. The lowest BCUT2D eigenvalue weighted by atomic mass is 9.98. The Balaban J connectivity index is 1.85. The maximum atomic E-state index is 13.8. The highest BCUT2D eigenvalue weighted by Crippen LogP contribution is 2.31. The van der Waals surface area contributed by atoms with Gasteiger partial charge < -0.3 is 10.6 Å². The molecule has 1 unspecified atom stereocenters. The third-order valence-electron chi connectivity index (χ3n) is 6.80. The van der Waals surface area contributed by atoms with Gasteiger partial charge in [0.1, 0.15) is 5.82 Å². The van der Waals surface area contributed by atoms with Crippen LogP contribution in [0.1, 0.15) is 71.3 Å². The monoisotopic (exact) mass is 472 g/mol. The third kappa shape index (κ3) is 5.38.